The molecule has 0 spiro atoms. The van der Waals surface area contributed by atoms with Crippen molar-refractivity contribution in [2.75, 3.05) is 0 Å². The van der Waals surface area contributed by atoms with Gasteiger partial charge in [-0.3, -0.25) is 9.38 Å². The fourth-order valence-corrected chi connectivity index (χ4v) is 3.67. The SMILES string of the molecule is c1ccc(-c2cnc3ccn4c(C5=NN=C(C6CC6)C5)nnc4c3c2)cc1. The summed E-state index contributed by atoms with van der Waals surface area (Å²) in [4.78, 5) is 4.62. The Kier molecular flexibility index (Phi) is 3.02. The molecule has 1 aliphatic heterocycles. The minimum Gasteiger partial charge on any atom is -0.281 e. The van der Waals surface area contributed by atoms with E-state index in [4.69, 9.17) is 0 Å². The van der Waals surface area contributed by atoms with E-state index >= 15 is 0 Å². The Morgan fingerprint density at radius 3 is 2.67 bits per heavy atom. The van der Waals surface area contributed by atoms with Crippen molar-refractivity contribution >= 4 is 28.0 Å². The van der Waals surface area contributed by atoms with Crippen LogP contribution in [0.2, 0.25) is 0 Å². The monoisotopic (exact) mass is 352 g/mol. The van der Waals surface area contributed by atoms with E-state index in [-0.39, 0.29) is 0 Å². The van der Waals surface area contributed by atoms with Gasteiger partial charge in [0.1, 0.15) is 5.71 Å². The molecule has 1 fully saturated rings. The van der Waals surface area contributed by atoms with Crippen LogP contribution < -0.4 is 0 Å². The lowest BCUT2D eigenvalue weighted by atomic mass is 10.1. The van der Waals surface area contributed by atoms with Crippen molar-refractivity contribution in [3.8, 4) is 11.1 Å². The van der Waals surface area contributed by atoms with Crippen molar-refractivity contribution in [2.45, 2.75) is 19.3 Å². The average molecular weight is 352 g/mol. The van der Waals surface area contributed by atoms with Gasteiger partial charge in [-0.15, -0.1) is 10.2 Å². The van der Waals surface area contributed by atoms with Gasteiger partial charge in [0, 0.05) is 35.5 Å². The first kappa shape index (κ1) is 14.7. The molecule has 6 nitrogen and oxygen atoms in total. The molecule has 0 amide bonds. The Balaban J connectivity index is 1.47. The minimum absolute atomic E-state index is 0.629. The highest BCUT2D eigenvalue weighted by Gasteiger charge is 2.32. The number of benzene rings is 1. The van der Waals surface area contributed by atoms with Crippen LogP contribution in [0.1, 0.15) is 25.1 Å². The van der Waals surface area contributed by atoms with E-state index in [1.807, 2.05) is 41.1 Å². The predicted molar refractivity (Wildman–Crippen MR) is 105 cm³/mol. The van der Waals surface area contributed by atoms with Gasteiger partial charge in [0.25, 0.3) is 0 Å². The molecule has 1 aliphatic carbocycles. The van der Waals surface area contributed by atoms with Gasteiger partial charge >= 0.3 is 0 Å². The molecular weight excluding hydrogens is 336 g/mol. The highest BCUT2D eigenvalue weighted by molar-refractivity contribution is 6.15. The summed E-state index contributed by atoms with van der Waals surface area (Å²) in [5.74, 6) is 1.40. The van der Waals surface area contributed by atoms with Crippen molar-refractivity contribution in [3.05, 3.63) is 60.7 Å². The second-order valence-corrected chi connectivity index (χ2v) is 7.14. The molecule has 130 valence electrons. The normalized spacial score (nSPS) is 16.7. The first-order valence-electron chi connectivity index (χ1n) is 9.19. The van der Waals surface area contributed by atoms with E-state index in [0.717, 1.165) is 45.6 Å². The largest absolute Gasteiger partial charge is 0.281 e. The van der Waals surface area contributed by atoms with Gasteiger partial charge in [-0.25, -0.2) is 0 Å². The Morgan fingerprint density at radius 1 is 0.926 bits per heavy atom. The van der Waals surface area contributed by atoms with E-state index in [0.29, 0.717) is 5.92 Å². The lowest BCUT2D eigenvalue weighted by Crippen LogP contribution is -2.09. The molecule has 4 heterocycles. The Bertz CT molecular complexity index is 1250. The molecular formula is C21H16N6. The van der Waals surface area contributed by atoms with Crippen LogP contribution in [0.3, 0.4) is 0 Å². The predicted octanol–water partition coefficient (Wildman–Crippen LogP) is 3.90. The van der Waals surface area contributed by atoms with Crippen LogP contribution in [-0.2, 0) is 0 Å². The third kappa shape index (κ3) is 2.37. The molecule has 3 aromatic heterocycles. The summed E-state index contributed by atoms with van der Waals surface area (Å²) in [6.45, 7) is 0. The molecule has 2 aliphatic rings. The Morgan fingerprint density at radius 2 is 1.81 bits per heavy atom. The maximum Gasteiger partial charge on any atom is 0.185 e. The van der Waals surface area contributed by atoms with Gasteiger partial charge in [-0.2, -0.15) is 10.2 Å². The Hall–Kier alpha value is -3.41. The molecule has 1 saturated carbocycles. The number of hydrogen-bond donors (Lipinski definition) is 0. The van der Waals surface area contributed by atoms with Gasteiger partial charge in [0.15, 0.2) is 11.5 Å². The number of pyridine rings is 2. The summed E-state index contributed by atoms with van der Waals surface area (Å²) < 4.78 is 2.00. The van der Waals surface area contributed by atoms with E-state index in [1.54, 1.807) is 0 Å². The molecule has 0 atom stereocenters. The average Bonchev–Trinajstić information content (AvgIpc) is 3.29. The van der Waals surface area contributed by atoms with E-state index < -0.39 is 0 Å². The summed E-state index contributed by atoms with van der Waals surface area (Å²) in [6, 6.07) is 14.4. The van der Waals surface area contributed by atoms with Crippen molar-refractivity contribution in [1.82, 2.24) is 19.6 Å². The molecule has 1 aromatic carbocycles. The zero-order chi connectivity index (χ0) is 17.8. The fourth-order valence-electron chi connectivity index (χ4n) is 3.67. The molecule has 0 unspecified atom stereocenters. The third-order valence-electron chi connectivity index (χ3n) is 5.30. The van der Waals surface area contributed by atoms with Gasteiger partial charge < -0.3 is 0 Å². The summed E-state index contributed by atoms with van der Waals surface area (Å²) in [5, 5.41) is 18.6. The topological polar surface area (TPSA) is 67.8 Å². The van der Waals surface area contributed by atoms with Gasteiger partial charge in [-0.05, 0) is 36.5 Å². The molecule has 6 heteroatoms. The summed E-state index contributed by atoms with van der Waals surface area (Å²) in [6.07, 6.45) is 7.13. The lowest BCUT2D eigenvalue weighted by molar-refractivity contribution is 1.06. The molecule has 6 rings (SSSR count). The molecule has 0 saturated heterocycles. The van der Waals surface area contributed by atoms with E-state index in [1.165, 1.54) is 18.6 Å². The number of nitrogens with zero attached hydrogens (tertiary/aromatic N) is 6. The second-order valence-electron chi connectivity index (χ2n) is 7.14. The maximum atomic E-state index is 4.62. The van der Waals surface area contributed by atoms with Gasteiger partial charge in [-0.1, -0.05) is 30.3 Å². The van der Waals surface area contributed by atoms with Crippen LogP contribution in [0.15, 0.2) is 65.1 Å². The molecule has 0 bridgehead atoms. The highest BCUT2D eigenvalue weighted by Crippen LogP contribution is 2.34. The number of hydrogen-bond acceptors (Lipinski definition) is 5. The maximum absolute atomic E-state index is 4.62. The standard InChI is InChI=1S/C21H16N6/c1-2-4-13(5-3-1)15-10-16-17(22-12-15)8-9-27-20(16)25-26-21(27)19-11-18(23-24-19)14-6-7-14/h1-5,8-10,12,14H,6-7,11H2. The van der Waals surface area contributed by atoms with Crippen LogP contribution in [0.5, 0.6) is 0 Å². The van der Waals surface area contributed by atoms with Crippen LogP contribution in [0.4, 0.5) is 0 Å². The van der Waals surface area contributed by atoms with Gasteiger partial charge in [0.2, 0.25) is 0 Å². The van der Waals surface area contributed by atoms with Crippen LogP contribution >= 0.6 is 0 Å². The van der Waals surface area contributed by atoms with E-state index in [2.05, 4.69) is 43.6 Å². The van der Waals surface area contributed by atoms with E-state index in [9.17, 15) is 0 Å². The second kappa shape index (κ2) is 5.54. The zero-order valence-corrected chi connectivity index (χ0v) is 14.6. The number of aromatic nitrogens is 4. The lowest BCUT2D eigenvalue weighted by Gasteiger charge is -2.05. The van der Waals surface area contributed by atoms with Crippen molar-refractivity contribution < 1.29 is 0 Å². The van der Waals surface area contributed by atoms with Crippen molar-refractivity contribution in [3.63, 3.8) is 0 Å². The van der Waals surface area contributed by atoms with Gasteiger partial charge in [0.05, 0.1) is 5.52 Å². The van der Waals surface area contributed by atoms with Crippen molar-refractivity contribution in [1.29, 1.82) is 0 Å². The molecule has 4 aromatic rings. The van der Waals surface area contributed by atoms with Crippen LogP contribution in [0, 0.1) is 5.92 Å². The summed E-state index contributed by atoms with van der Waals surface area (Å²) >= 11 is 0. The highest BCUT2D eigenvalue weighted by atomic mass is 15.3. The Labute approximate surface area is 155 Å². The fraction of sp³-hybridized carbons (Fsp3) is 0.190. The van der Waals surface area contributed by atoms with Crippen molar-refractivity contribution in [2.24, 2.45) is 16.1 Å². The molecule has 0 radical (unpaired) electrons. The molecule has 27 heavy (non-hydrogen) atoms. The quantitative estimate of drug-likeness (QED) is 0.561. The summed E-state index contributed by atoms with van der Waals surface area (Å²) in [7, 11) is 0. The first-order chi connectivity index (χ1) is 13.4. The molecule has 0 N–H and O–H groups in total. The number of rotatable bonds is 3. The van der Waals surface area contributed by atoms with Crippen LogP contribution in [0.25, 0.3) is 27.7 Å². The van der Waals surface area contributed by atoms with Crippen LogP contribution in [-0.4, -0.2) is 31.0 Å². The first-order valence-corrected chi connectivity index (χ1v) is 9.19. The number of fused-ring (bicyclic) bond motifs is 3. The summed E-state index contributed by atoms with van der Waals surface area (Å²) in [5.41, 5.74) is 6.00. The zero-order valence-electron chi connectivity index (χ0n) is 14.6. The third-order valence-corrected chi connectivity index (χ3v) is 5.30. The smallest absolute Gasteiger partial charge is 0.185 e. The minimum atomic E-state index is 0.629.